The van der Waals surface area contributed by atoms with Crippen molar-refractivity contribution in [3.8, 4) is 0 Å². The lowest BCUT2D eigenvalue weighted by Crippen LogP contribution is -2.56. The molecule has 24 rings (SSSR count). The van der Waals surface area contributed by atoms with Crippen LogP contribution in [0.3, 0.4) is 0 Å². The monoisotopic (exact) mass is 1990 g/mol. The molecule has 0 aliphatic heterocycles. The number of Topliss-reactive ketones (excluding diaryl/α,β-unsaturated/α-hetero) is 3. The van der Waals surface area contributed by atoms with Crippen molar-refractivity contribution < 1.29 is 45.0 Å². The van der Waals surface area contributed by atoms with Crippen molar-refractivity contribution >= 4 is 17.3 Å². The summed E-state index contributed by atoms with van der Waals surface area (Å²) in [6, 6.07) is 0. The molecule has 24 fully saturated rings. The van der Waals surface area contributed by atoms with Crippen LogP contribution in [0.5, 0.6) is 0 Å². The number of allylic oxidation sites excluding steroid dienone is 4. The molecule has 6 N–H and O–H groups in total. The van der Waals surface area contributed by atoms with Gasteiger partial charge in [0.15, 0.2) is 0 Å². The highest BCUT2D eigenvalue weighted by atomic mass is 16.3. The van der Waals surface area contributed by atoms with Crippen LogP contribution < -0.4 is 0 Å². The Morgan fingerprint density at radius 2 is 0.500 bits per heavy atom. The molecule has 0 amide bonds. The van der Waals surface area contributed by atoms with Crippen molar-refractivity contribution in [1.29, 1.82) is 0 Å². The van der Waals surface area contributed by atoms with Crippen molar-refractivity contribution in [2.24, 2.45) is 237 Å². The van der Waals surface area contributed by atoms with Gasteiger partial charge in [0, 0.05) is 31.6 Å². The summed E-state index contributed by atoms with van der Waals surface area (Å²) in [5, 5.41) is 63.9. The second-order valence-electron chi connectivity index (χ2n) is 64.7. The van der Waals surface area contributed by atoms with E-state index in [4.69, 9.17) is 0 Å². The molecule has 24 aliphatic rings. The van der Waals surface area contributed by atoms with Crippen LogP contribution in [0.25, 0.3) is 0 Å². The quantitative estimate of drug-likeness (QED) is 0.147. The van der Waals surface area contributed by atoms with E-state index in [1.807, 2.05) is 47.1 Å². The third-order valence-corrected chi connectivity index (χ3v) is 56.6. The number of fused-ring (bicyclic) bond motifs is 30. The molecule has 9 nitrogen and oxygen atoms in total. The van der Waals surface area contributed by atoms with Gasteiger partial charge in [0.05, 0.1) is 33.6 Å². The first-order valence-corrected chi connectivity index (χ1v) is 62.9. The summed E-state index contributed by atoms with van der Waals surface area (Å²) in [6.07, 6.45) is 67.1. The molecular weight excluding hydrogens is 1770 g/mol. The van der Waals surface area contributed by atoms with Crippen LogP contribution in [0.2, 0.25) is 0 Å². The van der Waals surface area contributed by atoms with Crippen LogP contribution in [0, 0.1) is 237 Å². The summed E-state index contributed by atoms with van der Waals surface area (Å²) in [5.41, 5.74) is 8.73. The third-order valence-electron chi connectivity index (χ3n) is 56.6. The van der Waals surface area contributed by atoms with Gasteiger partial charge in [-0.1, -0.05) is 119 Å². The molecule has 0 spiro atoms. The molecule has 0 aromatic carbocycles. The van der Waals surface area contributed by atoms with Gasteiger partial charge in [0.25, 0.3) is 0 Å². The Labute approximate surface area is 882 Å². The molecular formula is C135H222O9. The first kappa shape index (κ1) is 110. The molecule has 0 aromatic rings. The summed E-state index contributed by atoms with van der Waals surface area (Å²) in [5.74, 6) is 24.2. The lowest BCUT2D eigenvalue weighted by atomic mass is 9.43. The van der Waals surface area contributed by atoms with E-state index in [-0.39, 0.29) is 5.41 Å². The van der Waals surface area contributed by atoms with Crippen molar-refractivity contribution in [3.05, 3.63) is 35.5 Å². The molecule has 24 aliphatic carbocycles. The average molecular weight is 1990 g/mol. The first-order valence-electron chi connectivity index (χ1n) is 62.9. The lowest BCUT2D eigenvalue weighted by Gasteiger charge is -2.62. The van der Waals surface area contributed by atoms with Crippen LogP contribution in [-0.2, 0) is 14.4 Å². The molecule has 0 radical (unpaired) electrons. The lowest BCUT2D eigenvalue weighted by molar-refractivity contribution is -0.155. The Kier molecular flexibility index (Phi) is 29.5. The zero-order valence-corrected chi connectivity index (χ0v) is 97.7. The highest BCUT2D eigenvalue weighted by Crippen LogP contribution is 2.78. The first-order chi connectivity index (χ1) is 67.0. The molecule has 9 heteroatoms. The fraction of sp³-hybridized carbons (Fsp3) is 0.933. The van der Waals surface area contributed by atoms with E-state index in [0.29, 0.717) is 118 Å². The summed E-state index contributed by atoms with van der Waals surface area (Å²) >= 11 is 0. The van der Waals surface area contributed by atoms with Gasteiger partial charge < -0.3 is 30.6 Å². The zero-order valence-electron chi connectivity index (χ0n) is 97.7. The second kappa shape index (κ2) is 38.5. The van der Waals surface area contributed by atoms with Gasteiger partial charge in [-0.3, -0.25) is 14.4 Å². The third kappa shape index (κ3) is 18.5. The number of carbonyl (C=O) groups excluding carboxylic acids is 3. The molecule has 0 heterocycles. The molecule has 816 valence electrons. The Balaban J connectivity index is 0.000000109. The summed E-state index contributed by atoms with van der Waals surface area (Å²) in [7, 11) is 0. The summed E-state index contributed by atoms with van der Waals surface area (Å²) < 4.78 is 0. The molecule has 0 unspecified atom stereocenters. The standard InChI is InChI=1S/C23H40O2.2C23H38O.2C22H36O2.C22H34O/c1-20(2,24)19-9-8-17-16-7-6-15-14-21(3,25)12-13-22(15,4)18(16)10-11-23(17,19)5;2*1-15(2)18-8-9-19-17-7-6-16-14-21(3,24)12-13-22(16,4)20(17)10-11-23(18,19)5;1-20(2,24)19-8-7-17-16-6-5-14-13-15(23)9-11-21(14,3)18(16)10-12-22(17,19)4;1-14(23)17-7-8-18-16-6-5-15-13-20(2,24)11-12-21(15,3)19(16)9-10-22(17,18)4;1-14(2)18-7-8-19-17-6-5-15-13-16(23)9-11-21(15,3)20(17)10-12-22(18,19)4/h15-19,24-25H,6-14H2,1-5H3;16-17,19-20,24H,6-14H2,1-5H3;16-20,24H,1,6-14H2,2-5H3;14,16-19,24H,5-13H2,1-4H3;15-19,24H,5-13H2,1-4H3;15,17-20H,1,5-13H2,2-4H3/t15-,16-,17-,18-,19+,21+,22-,23-;16-,17-,19-,20-,21+,22-,23+;16-,17-,18+,19-,20-,21+,22-,23+;14-,16-,17-,18-,19+,21-,22-;15-,16-,17+,18-,19-,20-,21-,22+;15-,17-,18+,19-,20-,21-,22+/m000000/s1. The van der Waals surface area contributed by atoms with Crippen molar-refractivity contribution in [2.75, 3.05) is 0 Å². The zero-order chi connectivity index (χ0) is 104. The topological polar surface area (TPSA) is 173 Å². The summed E-state index contributed by atoms with van der Waals surface area (Å²) in [6.45, 7) is 66.7. The molecule has 0 bridgehead atoms. The Bertz CT molecular complexity index is 4630. The highest BCUT2D eigenvalue weighted by molar-refractivity contribution is 5.80. The van der Waals surface area contributed by atoms with Crippen LogP contribution in [0.1, 0.15) is 520 Å². The van der Waals surface area contributed by atoms with Gasteiger partial charge in [-0.05, 0) is 642 Å². The van der Waals surface area contributed by atoms with Crippen LogP contribution >= 0.6 is 0 Å². The van der Waals surface area contributed by atoms with Gasteiger partial charge in [0.1, 0.15) is 17.3 Å². The van der Waals surface area contributed by atoms with E-state index < -0.39 is 33.6 Å². The predicted molar refractivity (Wildman–Crippen MR) is 592 cm³/mol. The maximum absolute atomic E-state index is 12.2. The number of hydrogen-bond donors (Lipinski definition) is 6. The minimum Gasteiger partial charge on any atom is -0.390 e. The number of rotatable bonds is 5. The number of ketones is 3. The molecule has 24 saturated carbocycles. The number of carbonyl (C=O) groups is 3. The van der Waals surface area contributed by atoms with Gasteiger partial charge in [-0.2, -0.15) is 0 Å². The van der Waals surface area contributed by atoms with E-state index in [2.05, 4.69) is 145 Å². The molecule has 0 aromatic heterocycles. The Morgan fingerprint density at radius 3 is 0.785 bits per heavy atom. The van der Waals surface area contributed by atoms with Gasteiger partial charge in [-0.15, -0.1) is 0 Å². The van der Waals surface area contributed by atoms with E-state index in [1.165, 1.54) is 268 Å². The summed E-state index contributed by atoms with van der Waals surface area (Å²) in [4.78, 5) is 36.1. The smallest absolute Gasteiger partial charge is 0.133 e. The molecule has 144 heavy (non-hydrogen) atoms. The average Bonchev–Trinajstić information content (AvgIpc) is 1.37. The maximum Gasteiger partial charge on any atom is 0.133 e. The minimum atomic E-state index is -0.547. The fourth-order valence-corrected chi connectivity index (χ4v) is 49.1. The van der Waals surface area contributed by atoms with Crippen LogP contribution in [0.4, 0.5) is 0 Å². The fourth-order valence-electron chi connectivity index (χ4n) is 49.1. The minimum absolute atomic E-state index is 0.274. The van der Waals surface area contributed by atoms with Crippen LogP contribution in [-0.4, -0.2) is 81.6 Å². The SMILES string of the molecule is C=C(C)[C@H]1CC[C@H]2[C@@H]3CC[C@H]4CC(=O)CC[C@]4(C)[C@H]3CC[C@]12C.C=C(C)[C@H]1CC[C@H]2[C@@H]3CC[C@H]4C[C@](C)(O)CC[C@]4(C)[C@H]3CC[C@]12C.CC(=O)[C@H]1CC[C@H]2[C@@H]3CC[C@H]4C[C@@](C)(O)CC[C@]4(C)[C@H]3CC[C@]12C.CC(C)(O)[C@H]1CC[C@H]2[C@@H]3CC[C@H]4CC(=O)CC[C@]4(C)[C@H]3CC[C@]12C.CC(C)(O)[C@H]1CC[C@H]2[C@@H]3CC[C@H]4C[C@](C)(O)CC[C@]4(C)[C@H]3CC[C@]12C.CC(C)=C1CC[C@H]2[C@@H]3CC[C@H]4C[C@](C)(O)CC[C@]4(C)[C@H]3CC[C@]12C. The van der Waals surface area contributed by atoms with Gasteiger partial charge in [-0.25, -0.2) is 0 Å². The predicted octanol–water partition coefficient (Wildman–Crippen LogP) is 33.0. The van der Waals surface area contributed by atoms with E-state index in [9.17, 15) is 45.0 Å². The Morgan fingerprint density at radius 1 is 0.257 bits per heavy atom. The normalized spacial score (nSPS) is 54.7. The Hall–Kier alpha value is -2.01. The van der Waals surface area contributed by atoms with E-state index in [0.717, 1.165) is 220 Å². The van der Waals surface area contributed by atoms with Crippen molar-refractivity contribution in [2.45, 2.75) is 553 Å². The maximum atomic E-state index is 12.2. The largest absolute Gasteiger partial charge is 0.390 e. The van der Waals surface area contributed by atoms with Crippen molar-refractivity contribution in [3.63, 3.8) is 0 Å². The number of aliphatic hydroxyl groups is 6. The van der Waals surface area contributed by atoms with Crippen molar-refractivity contribution in [1.82, 2.24) is 0 Å². The van der Waals surface area contributed by atoms with E-state index in [1.54, 1.807) is 5.57 Å². The van der Waals surface area contributed by atoms with Crippen LogP contribution in [0.15, 0.2) is 35.5 Å². The van der Waals surface area contributed by atoms with E-state index >= 15 is 0 Å². The molecule has 0 saturated heterocycles. The molecule has 45 atom stereocenters. The second-order valence-corrected chi connectivity index (χ2v) is 64.7. The highest BCUT2D eigenvalue weighted by Gasteiger charge is 2.70. The number of hydrogen-bond acceptors (Lipinski definition) is 9. The van der Waals surface area contributed by atoms with Gasteiger partial charge in [0.2, 0.25) is 0 Å². The van der Waals surface area contributed by atoms with Gasteiger partial charge >= 0.3 is 0 Å².